The third-order valence-corrected chi connectivity index (χ3v) is 3.02. The molecule has 0 fully saturated rings. The van der Waals surface area contributed by atoms with Crippen LogP contribution in [0.1, 0.15) is 26.3 Å². The van der Waals surface area contributed by atoms with Crippen molar-refractivity contribution in [1.82, 2.24) is 5.32 Å². The Morgan fingerprint density at radius 3 is 2.17 bits per heavy atom. The summed E-state index contributed by atoms with van der Waals surface area (Å²) in [4.78, 5) is 11.8. The predicted octanol–water partition coefficient (Wildman–Crippen LogP) is 3.70. The van der Waals surface area contributed by atoms with Crippen molar-refractivity contribution in [1.29, 1.82) is 0 Å². The third kappa shape index (κ3) is 6.28. The highest BCUT2D eigenvalue weighted by Crippen LogP contribution is 2.18. The number of benzene rings is 2. The van der Waals surface area contributed by atoms with Crippen molar-refractivity contribution < 1.29 is 18.7 Å². The van der Waals surface area contributed by atoms with Crippen LogP contribution in [0.5, 0.6) is 11.5 Å². The van der Waals surface area contributed by atoms with Crippen LogP contribution in [-0.4, -0.2) is 18.1 Å². The monoisotopic (exact) mass is 331 g/mol. The molecule has 2 aromatic carbocycles. The Morgan fingerprint density at radius 1 is 1.00 bits per heavy atom. The van der Waals surface area contributed by atoms with Crippen LogP contribution in [0.2, 0.25) is 0 Å². The van der Waals surface area contributed by atoms with E-state index < -0.39 is 0 Å². The van der Waals surface area contributed by atoms with Crippen molar-refractivity contribution >= 4 is 5.91 Å². The maximum atomic E-state index is 12.8. The summed E-state index contributed by atoms with van der Waals surface area (Å²) in [7, 11) is 0. The van der Waals surface area contributed by atoms with Crippen LogP contribution in [0.3, 0.4) is 0 Å². The zero-order chi connectivity index (χ0) is 17.6. The number of carbonyl (C=O) groups excluding carboxylic acids is 1. The minimum absolute atomic E-state index is 0.114. The summed E-state index contributed by atoms with van der Waals surface area (Å²) in [5.74, 6) is 0.660. The van der Waals surface area contributed by atoms with E-state index in [1.54, 1.807) is 0 Å². The van der Waals surface area contributed by atoms with Gasteiger partial charge in [-0.25, -0.2) is 4.39 Å². The lowest BCUT2D eigenvalue weighted by Gasteiger charge is -2.21. The van der Waals surface area contributed by atoms with E-state index in [-0.39, 0.29) is 23.9 Å². The molecule has 5 heteroatoms. The number of halogens is 1. The van der Waals surface area contributed by atoms with Gasteiger partial charge in [-0.1, -0.05) is 12.1 Å². The Hall–Kier alpha value is -2.56. The fourth-order valence-electron chi connectivity index (χ4n) is 1.96. The molecule has 0 bridgehead atoms. The summed E-state index contributed by atoms with van der Waals surface area (Å²) < 4.78 is 23.8. The lowest BCUT2D eigenvalue weighted by atomic mass is 10.1. The summed E-state index contributed by atoms with van der Waals surface area (Å²) in [6.07, 6.45) is 0. The maximum Gasteiger partial charge on any atom is 0.258 e. The first kappa shape index (κ1) is 17.8. The minimum Gasteiger partial charge on any atom is -0.488 e. The summed E-state index contributed by atoms with van der Waals surface area (Å²) in [6.45, 7) is 6.25. The topological polar surface area (TPSA) is 47.6 Å². The van der Waals surface area contributed by atoms with Gasteiger partial charge in [0.1, 0.15) is 22.9 Å². The summed E-state index contributed by atoms with van der Waals surface area (Å²) in [5.41, 5.74) is 0.722. The first-order chi connectivity index (χ1) is 11.3. The number of ether oxygens (including phenoxy) is 2. The van der Waals surface area contributed by atoms with Gasteiger partial charge in [-0.15, -0.1) is 0 Å². The fraction of sp³-hybridized carbons (Fsp3) is 0.316. The van der Waals surface area contributed by atoms with E-state index in [1.807, 2.05) is 45.0 Å². The molecule has 24 heavy (non-hydrogen) atoms. The molecule has 0 aromatic heterocycles. The standard InChI is InChI=1S/C19H22FNO3/c1-19(2,3)24-17-8-4-14(5-9-17)12-21-18(22)13-23-16-10-6-15(20)7-11-16/h4-11H,12-13H2,1-3H3,(H,21,22). The second kappa shape index (κ2) is 7.81. The number of nitrogens with one attached hydrogen (secondary N) is 1. The Morgan fingerprint density at radius 2 is 1.58 bits per heavy atom. The number of carbonyl (C=O) groups is 1. The normalized spacial score (nSPS) is 11.0. The SMILES string of the molecule is CC(C)(C)Oc1ccc(CNC(=O)COc2ccc(F)cc2)cc1. The number of rotatable bonds is 6. The zero-order valence-electron chi connectivity index (χ0n) is 14.1. The first-order valence-corrected chi connectivity index (χ1v) is 7.75. The van der Waals surface area contributed by atoms with E-state index in [1.165, 1.54) is 24.3 Å². The smallest absolute Gasteiger partial charge is 0.258 e. The number of amides is 1. The molecule has 0 heterocycles. The van der Waals surface area contributed by atoms with Crippen LogP contribution < -0.4 is 14.8 Å². The highest BCUT2D eigenvalue weighted by molar-refractivity contribution is 5.77. The maximum absolute atomic E-state index is 12.8. The van der Waals surface area contributed by atoms with E-state index in [0.29, 0.717) is 12.3 Å². The highest BCUT2D eigenvalue weighted by Gasteiger charge is 2.11. The van der Waals surface area contributed by atoms with Gasteiger partial charge in [-0.3, -0.25) is 4.79 Å². The van der Waals surface area contributed by atoms with Crippen LogP contribution in [-0.2, 0) is 11.3 Å². The van der Waals surface area contributed by atoms with Crippen LogP contribution in [0.4, 0.5) is 4.39 Å². The quantitative estimate of drug-likeness (QED) is 0.878. The lowest BCUT2D eigenvalue weighted by Crippen LogP contribution is -2.28. The van der Waals surface area contributed by atoms with E-state index in [2.05, 4.69) is 5.32 Å². The molecule has 1 N–H and O–H groups in total. The van der Waals surface area contributed by atoms with Crippen molar-refractivity contribution in [3.05, 3.63) is 59.9 Å². The summed E-state index contributed by atoms with van der Waals surface area (Å²) in [6, 6.07) is 13.1. The molecule has 0 unspecified atom stereocenters. The summed E-state index contributed by atoms with van der Waals surface area (Å²) >= 11 is 0. The molecule has 1 amide bonds. The van der Waals surface area contributed by atoms with E-state index in [4.69, 9.17) is 9.47 Å². The van der Waals surface area contributed by atoms with Gasteiger partial charge >= 0.3 is 0 Å². The van der Waals surface area contributed by atoms with Gasteiger partial charge in [0.25, 0.3) is 5.91 Å². The molecule has 128 valence electrons. The molecule has 0 saturated heterocycles. The molecule has 0 radical (unpaired) electrons. The van der Waals surface area contributed by atoms with Gasteiger partial charge in [0.15, 0.2) is 6.61 Å². The second-order valence-corrected chi connectivity index (χ2v) is 6.38. The molecular weight excluding hydrogens is 309 g/mol. The van der Waals surface area contributed by atoms with Gasteiger partial charge < -0.3 is 14.8 Å². The lowest BCUT2D eigenvalue weighted by molar-refractivity contribution is -0.123. The molecular formula is C19H22FNO3. The van der Waals surface area contributed by atoms with Crippen molar-refractivity contribution in [3.63, 3.8) is 0 Å². The van der Waals surface area contributed by atoms with Gasteiger partial charge in [0.2, 0.25) is 0 Å². The average molecular weight is 331 g/mol. The second-order valence-electron chi connectivity index (χ2n) is 6.38. The Labute approximate surface area is 141 Å². The van der Waals surface area contributed by atoms with E-state index in [0.717, 1.165) is 11.3 Å². The molecule has 0 saturated carbocycles. The molecule has 0 spiro atoms. The Bertz CT molecular complexity index is 661. The highest BCUT2D eigenvalue weighted by atomic mass is 19.1. The van der Waals surface area contributed by atoms with Gasteiger partial charge in [-0.2, -0.15) is 0 Å². The van der Waals surface area contributed by atoms with Gasteiger partial charge in [-0.05, 0) is 62.7 Å². The number of hydrogen-bond acceptors (Lipinski definition) is 3. The van der Waals surface area contributed by atoms with Crippen molar-refractivity contribution in [3.8, 4) is 11.5 Å². The zero-order valence-corrected chi connectivity index (χ0v) is 14.1. The van der Waals surface area contributed by atoms with Crippen molar-refractivity contribution in [2.75, 3.05) is 6.61 Å². The van der Waals surface area contributed by atoms with Crippen molar-refractivity contribution in [2.24, 2.45) is 0 Å². The van der Waals surface area contributed by atoms with E-state index in [9.17, 15) is 9.18 Å². The summed E-state index contributed by atoms with van der Waals surface area (Å²) in [5, 5.41) is 2.77. The largest absolute Gasteiger partial charge is 0.488 e. The van der Waals surface area contributed by atoms with Crippen molar-refractivity contribution in [2.45, 2.75) is 32.9 Å². The molecule has 0 aliphatic heterocycles. The third-order valence-electron chi connectivity index (χ3n) is 3.02. The average Bonchev–Trinajstić information content (AvgIpc) is 2.52. The molecule has 0 aliphatic rings. The van der Waals surface area contributed by atoms with Gasteiger partial charge in [0, 0.05) is 6.54 Å². The van der Waals surface area contributed by atoms with Gasteiger partial charge in [0.05, 0.1) is 0 Å². The molecule has 2 aromatic rings. The Kier molecular flexibility index (Phi) is 5.79. The minimum atomic E-state index is -0.342. The molecule has 0 atom stereocenters. The molecule has 2 rings (SSSR count). The number of hydrogen-bond donors (Lipinski definition) is 1. The van der Waals surface area contributed by atoms with Crippen LogP contribution in [0, 0.1) is 5.82 Å². The molecule has 4 nitrogen and oxygen atoms in total. The van der Waals surface area contributed by atoms with Crippen LogP contribution >= 0.6 is 0 Å². The van der Waals surface area contributed by atoms with Crippen LogP contribution in [0.15, 0.2) is 48.5 Å². The fourth-order valence-corrected chi connectivity index (χ4v) is 1.96. The van der Waals surface area contributed by atoms with E-state index >= 15 is 0 Å². The Balaban J connectivity index is 1.76. The molecule has 0 aliphatic carbocycles. The first-order valence-electron chi connectivity index (χ1n) is 7.75. The van der Waals surface area contributed by atoms with Crippen LogP contribution in [0.25, 0.3) is 0 Å². The predicted molar refractivity (Wildman–Crippen MR) is 90.6 cm³/mol.